The van der Waals surface area contributed by atoms with Crippen molar-refractivity contribution in [3.05, 3.63) is 95.7 Å². The van der Waals surface area contributed by atoms with E-state index in [0.29, 0.717) is 35.1 Å². The molecule has 0 spiro atoms. The Balaban J connectivity index is 1.32. The molecule has 41 heavy (non-hydrogen) atoms. The number of carbonyl (C=O) groups excluding carboxylic acids is 3. The van der Waals surface area contributed by atoms with E-state index in [1.807, 2.05) is 12.1 Å². The van der Waals surface area contributed by atoms with Crippen LogP contribution in [-0.4, -0.2) is 56.5 Å². The van der Waals surface area contributed by atoms with Gasteiger partial charge >= 0.3 is 5.97 Å². The lowest BCUT2D eigenvalue weighted by atomic mass is 9.98. The Morgan fingerprint density at radius 3 is 2.34 bits per heavy atom. The molecule has 0 saturated carbocycles. The van der Waals surface area contributed by atoms with Crippen molar-refractivity contribution in [3.8, 4) is 0 Å². The predicted molar refractivity (Wildman–Crippen MR) is 153 cm³/mol. The molecular formula is C31H30N2O7S. The maximum atomic E-state index is 13.3. The summed E-state index contributed by atoms with van der Waals surface area (Å²) in [6.07, 6.45) is 0.757. The maximum Gasteiger partial charge on any atom is 0.309 e. The Kier molecular flexibility index (Phi) is 8.32. The zero-order chi connectivity index (χ0) is 29.0. The van der Waals surface area contributed by atoms with E-state index in [1.54, 1.807) is 55.5 Å². The van der Waals surface area contributed by atoms with Gasteiger partial charge in [-0.1, -0.05) is 54.6 Å². The summed E-state index contributed by atoms with van der Waals surface area (Å²) in [5.74, 6) is -1.21. The van der Waals surface area contributed by atoms with Crippen molar-refractivity contribution < 1.29 is 32.0 Å². The van der Waals surface area contributed by atoms with Crippen LogP contribution in [0.25, 0.3) is 11.0 Å². The van der Waals surface area contributed by atoms with Gasteiger partial charge in [0.05, 0.1) is 29.7 Å². The fraction of sp³-hybridized carbons (Fsp3) is 0.258. The number of furan rings is 1. The summed E-state index contributed by atoms with van der Waals surface area (Å²) in [7, 11) is -3.87. The average molecular weight is 575 g/mol. The third-order valence-electron chi connectivity index (χ3n) is 7.13. The Morgan fingerprint density at radius 1 is 0.927 bits per heavy atom. The van der Waals surface area contributed by atoms with Crippen molar-refractivity contribution in [2.75, 3.05) is 31.6 Å². The van der Waals surface area contributed by atoms with E-state index in [9.17, 15) is 22.8 Å². The van der Waals surface area contributed by atoms with Crippen LogP contribution >= 0.6 is 0 Å². The van der Waals surface area contributed by atoms with Gasteiger partial charge in [-0.25, -0.2) is 8.42 Å². The Morgan fingerprint density at radius 2 is 1.61 bits per heavy atom. The molecule has 9 nitrogen and oxygen atoms in total. The summed E-state index contributed by atoms with van der Waals surface area (Å²) < 4.78 is 39.0. The van der Waals surface area contributed by atoms with E-state index < -0.39 is 10.0 Å². The molecule has 1 saturated heterocycles. The van der Waals surface area contributed by atoms with Gasteiger partial charge in [-0.3, -0.25) is 14.4 Å². The fourth-order valence-electron chi connectivity index (χ4n) is 4.94. The van der Waals surface area contributed by atoms with Gasteiger partial charge in [0.15, 0.2) is 11.5 Å². The normalized spacial score (nSPS) is 14.6. The number of esters is 1. The van der Waals surface area contributed by atoms with Crippen molar-refractivity contribution in [3.63, 3.8) is 0 Å². The second kappa shape index (κ2) is 12.1. The van der Waals surface area contributed by atoms with E-state index in [1.165, 1.54) is 22.5 Å². The van der Waals surface area contributed by atoms with Crippen LogP contribution in [-0.2, 0) is 19.6 Å². The van der Waals surface area contributed by atoms with Crippen LogP contribution < -0.4 is 5.32 Å². The molecule has 1 aromatic heterocycles. The molecule has 5 rings (SSSR count). The Labute approximate surface area is 238 Å². The Bertz CT molecular complexity index is 1690. The molecule has 1 aliphatic rings. The van der Waals surface area contributed by atoms with Crippen molar-refractivity contribution in [1.29, 1.82) is 0 Å². The molecule has 4 aromatic rings. The van der Waals surface area contributed by atoms with Crippen LogP contribution in [0.3, 0.4) is 0 Å². The van der Waals surface area contributed by atoms with E-state index in [-0.39, 0.29) is 65.9 Å². The summed E-state index contributed by atoms with van der Waals surface area (Å²) in [5, 5.41) is 3.72. The van der Waals surface area contributed by atoms with Crippen LogP contribution in [0.2, 0.25) is 0 Å². The third-order valence-corrected chi connectivity index (χ3v) is 9.03. The first-order valence-electron chi connectivity index (χ1n) is 13.4. The van der Waals surface area contributed by atoms with Crippen molar-refractivity contribution >= 4 is 44.2 Å². The first-order chi connectivity index (χ1) is 19.8. The number of nitrogens with one attached hydrogen (secondary N) is 1. The zero-order valence-corrected chi connectivity index (χ0v) is 23.4. The lowest BCUT2D eigenvalue weighted by molar-refractivity contribution is -0.149. The highest BCUT2D eigenvalue weighted by atomic mass is 32.2. The van der Waals surface area contributed by atoms with E-state index >= 15 is 0 Å². The standard InChI is InChI=1S/C31H30N2O7S/c1-2-39-31(36)22-15-17-33(18-16-22)41(37,38)24-12-8-11-23(19-24)26(34)20-32-28-25-13-6-7-14-27(25)40-30(28)29(35)21-9-4-3-5-10-21/h3-14,19,22,32H,2,15-18,20H2,1H3. The van der Waals surface area contributed by atoms with Gasteiger partial charge in [0.1, 0.15) is 5.58 Å². The number of rotatable bonds is 10. The minimum atomic E-state index is -3.87. The van der Waals surface area contributed by atoms with Crippen molar-refractivity contribution in [2.24, 2.45) is 5.92 Å². The van der Waals surface area contributed by atoms with Gasteiger partial charge in [-0.2, -0.15) is 4.31 Å². The number of carbonyl (C=O) groups is 3. The summed E-state index contributed by atoms with van der Waals surface area (Å²) in [4.78, 5) is 38.5. The van der Waals surface area contributed by atoms with Crippen LogP contribution in [0, 0.1) is 5.92 Å². The molecule has 1 aliphatic heterocycles. The number of Topliss-reactive ketones (excluding diaryl/α,β-unsaturated/α-hetero) is 1. The first-order valence-corrected chi connectivity index (χ1v) is 14.9. The number of nitrogens with zero attached hydrogens (tertiary/aromatic N) is 1. The number of ketones is 2. The fourth-order valence-corrected chi connectivity index (χ4v) is 6.46. The molecular weight excluding hydrogens is 544 g/mol. The number of anilines is 1. The number of fused-ring (bicyclic) bond motifs is 1. The van der Waals surface area contributed by atoms with E-state index in [2.05, 4.69) is 5.32 Å². The second-order valence-corrected chi connectivity index (χ2v) is 11.7. The molecule has 1 N–H and O–H groups in total. The summed E-state index contributed by atoms with van der Waals surface area (Å²) in [6, 6.07) is 21.8. The Hall–Kier alpha value is -4.28. The summed E-state index contributed by atoms with van der Waals surface area (Å²) in [6.45, 7) is 2.22. The molecule has 0 aliphatic carbocycles. The molecule has 2 heterocycles. The van der Waals surface area contributed by atoms with Gasteiger partial charge < -0.3 is 14.5 Å². The lowest BCUT2D eigenvalue weighted by Crippen LogP contribution is -2.40. The smallest absolute Gasteiger partial charge is 0.309 e. The first kappa shape index (κ1) is 28.3. The van der Waals surface area contributed by atoms with Gasteiger partial charge in [-0.15, -0.1) is 0 Å². The molecule has 1 fully saturated rings. The molecule has 3 aromatic carbocycles. The van der Waals surface area contributed by atoms with Crippen LogP contribution in [0.4, 0.5) is 5.69 Å². The van der Waals surface area contributed by atoms with Crippen LogP contribution in [0.1, 0.15) is 46.2 Å². The number of para-hydroxylation sites is 1. The molecule has 212 valence electrons. The van der Waals surface area contributed by atoms with E-state index in [0.717, 1.165) is 0 Å². The molecule has 0 unspecified atom stereocenters. The van der Waals surface area contributed by atoms with Gasteiger partial charge in [0.25, 0.3) is 0 Å². The zero-order valence-electron chi connectivity index (χ0n) is 22.5. The molecule has 0 radical (unpaired) electrons. The molecule has 0 bridgehead atoms. The highest BCUT2D eigenvalue weighted by Crippen LogP contribution is 2.32. The highest BCUT2D eigenvalue weighted by Gasteiger charge is 2.33. The minimum absolute atomic E-state index is 0.00615. The van der Waals surface area contributed by atoms with Crippen LogP contribution in [0.5, 0.6) is 0 Å². The van der Waals surface area contributed by atoms with Gasteiger partial charge in [0.2, 0.25) is 15.8 Å². The monoisotopic (exact) mass is 574 g/mol. The van der Waals surface area contributed by atoms with Gasteiger partial charge in [0, 0.05) is 29.6 Å². The van der Waals surface area contributed by atoms with E-state index in [4.69, 9.17) is 9.15 Å². The predicted octanol–water partition coefficient (Wildman–Crippen LogP) is 4.92. The maximum absolute atomic E-state index is 13.3. The van der Waals surface area contributed by atoms with Crippen LogP contribution in [0.15, 0.2) is 88.2 Å². The number of hydrogen-bond donors (Lipinski definition) is 1. The quantitative estimate of drug-likeness (QED) is 0.209. The largest absolute Gasteiger partial charge is 0.466 e. The third kappa shape index (κ3) is 5.94. The highest BCUT2D eigenvalue weighted by molar-refractivity contribution is 7.89. The molecule has 0 atom stereocenters. The minimum Gasteiger partial charge on any atom is -0.466 e. The SMILES string of the molecule is CCOC(=O)C1CCN(S(=O)(=O)c2cccc(C(=O)CNc3c(C(=O)c4ccccc4)oc4ccccc34)c2)CC1. The topological polar surface area (TPSA) is 123 Å². The molecule has 0 amide bonds. The number of piperidine rings is 1. The van der Waals surface area contributed by atoms with Crippen molar-refractivity contribution in [2.45, 2.75) is 24.7 Å². The lowest BCUT2D eigenvalue weighted by Gasteiger charge is -2.30. The number of sulfonamides is 1. The average Bonchev–Trinajstić information content (AvgIpc) is 3.38. The number of hydrogen-bond acceptors (Lipinski definition) is 8. The summed E-state index contributed by atoms with van der Waals surface area (Å²) in [5.41, 5.74) is 1.56. The summed E-state index contributed by atoms with van der Waals surface area (Å²) >= 11 is 0. The number of ether oxygens (including phenoxy) is 1. The second-order valence-electron chi connectivity index (χ2n) is 9.73. The number of benzene rings is 3. The van der Waals surface area contributed by atoms with Crippen molar-refractivity contribution in [1.82, 2.24) is 4.31 Å². The van der Waals surface area contributed by atoms with Gasteiger partial charge in [-0.05, 0) is 44.0 Å². The molecule has 10 heteroatoms.